The zero-order valence-corrected chi connectivity index (χ0v) is 19.3. The van der Waals surface area contributed by atoms with Gasteiger partial charge in [0, 0.05) is 38.1 Å². The molecule has 3 aromatic rings. The number of carbonyl (C=O) groups is 2. The van der Waals surface area contributed by atoms with Gasteiger partial charge in [-0.05, 0) is 30.7 Å². The monoisotopic (exact) mass is 450 g/mol. The molecule has 0 aliphatic carbocycles. The fourth-order valence-corrected chi connectivity index (χ4v) is 4.22. The van der Waals surface area contributed by atoms with E-state index in [1.54, 1.807) is 39.3 Å². The number of amides is 2. The molecule has 1 saturated heterocycles. The van der Waals surface area contributed by atoms with E-state index in [9.17, 15) is 9.59 Å². The second-order valence-electron chi connectivity index (χ2n) is 8.22. The largest absolute Gasteiger partial charge is 0.496 e. The van der Waals surface area contributed by atoms with E-state index >= 15 is 0 Å². The van der Waals surface area contributed by atoms with Gasteiger partial charge >= 0.3 is 0 Å². The van der Waals surface area contributed by atoms with Gasteiger partial charge in [0.2, 0.25) is 5.91 Å². The molecule has 2 aromatic carbocycles. The van der Waals surface area contributed by atoms with E-state index in [1.807, 2.05) is 23.1 Å². The summed E-state index contributed by atoms with van der Waals surface area (Å²) in [4.78, 5) is 33.1. The van der Waals surface area contributed by atoms with Crippen LogP contribution < -0.4 is 14.8 Å². The summed E-state index contributed by atoms with van der Waals surface area (Å²) in [5.74, 6) is 0.828. The van der Waals surface area contributed by atoms with Crippen LogP contribution in [0.1, 0.15) is 23.0 Å². The maximum atomic E-state index is 12.9. The summed E-state index contributed by atoms with van der Waals surface area (Å²) in [6.45, 7) is 5.51. The van der Waals surface area contributed by atoms with Crippen LogP contribution in [0.2, 0.25) is 0 Å². The van der Waals surface area contributed by atoms with Crippen molar-refractivity contribution in [3.63, 3.8) is 0 Å². The van der Waals surface area contributed by atoms with Crippen LogP contribution in [0.25, 0.3) is 10.9 Å². The standard InChI is InChI=1S/C25H30N4O4/c1-17(25(31)29-13-11-28(12-14-29)16-18-7-5-4-6-8-18)26-24(30)20-15-19-21(32-2)9-10-22(33-3)23(19)27-20/h4-10,15,17,27H,11-14,16H2,1-3H3,(H,26,30)/t17-/m1/s1. The second-order valence-corrected chi connectivity index (χ2v) is 8.22. The zero-order chi connectivity index (χ0) is 23.4. The van der Waals surface area contributed by atoms with Crippen LogP contribution in [0.5, 0.6) is 11.5 Å². The van der Waals surface area contributed by atoms with Crippen molar-refractivity contribution in [3.8, 4) is 11.5 Å². The highest BCUT2D eigenvalue weighted by atomic mass is 16.5. The van der Waals surface area contributed by atoms with Crippen LogP contribution in [0.4, 0.5) is 0 Å². The molecule has 33 heavy (non-hydrogen) atoms. The van der Waals surface area contributed by atoms with Crippen molar-refractivity contribution in [3.05, 3.63) is 59.8 Å². The van der Waals surface area contributed by atoms with Crippen LogP contribution in [-0.2, 0) is 11.3 Å². The lowest BCUT2D eigenvalue weighted by atomic mass is 10.2. The molecule has 2 heterocycles. The molecule has 0 bridgehead atoms. The number of carbonyl (C=O) groups excluding carboxylic acids is 2. The van der Waals surface area contributed by atoms with Crippen molar-refractivity contribution in [2.24, 2.45) is 0 Å². The van der Waals surface area contributed by atoms with E-state index in [2.05, 4.69) is 27.3 Å². The predicted octanol–water partition coefficient (Wildman–Crippen LogP) is 2.65. The molecule has 1 aromatic heterocycles. The highest BCUT2D eigenvalue weighted by molar-refractivity contribution is 6.02. The molecule has 0 radical (unpaired) electrons. The van der Waals surface area contributed by atoms with Gasteiger partial charge in [0.25, 0.3) is 5.91 Å². The zero-order valence-electron chi connectivity index (χ0n) is 19.3. The van der Waals surface area contributed by atoms with Gasteiger partial charge in [0.15, 0.2) is 0 Å². The number of hydrogen-bond donors (Lipinski definition) is 2. The highest BCUT2D eigenvalue weighted by Crippen LogP contribution is 2.33. The molecule has 1 aliphatic heterocycles. The number of aromatic nitrogens is 1. The molecule has 0 spiro atoms. The lowest BCUT2D eigenvalue weighted by molar-refractivity contribution is -0.134. The first kappa shape index (κ1) is 22.7. The van der Waals surface area contributed by atoms with E-state index in [4.69, 9.17) is 9.47 Å². The fraction of sp³-hybridized carbons (Fsp3) is 0.360. The van der Waals surface area contributed by atoms with Crippen LogP contribution >= 0.6 is 0 Å². The van der Waals surface area contributed by atoms with Crippen LogP contribution in [0.15, 0.2) is 48.5 Å². The highest BCUT2D eigenvalue weighted by Gasteiger charge is 2.27. The number of H-pyrrole nitrogens is 1. The number of methoxy groups -OCH3 is 2. The maximum Gasteiger partial charge on any atom is 0.268 e. The van der Waals surface area contributed by atoms with Crippen molar-refractivity contribution in [1.82, 2.24) is 20.1 Å². The lowest BCUT2D eigenvalue weighted by Crippen LogP contribution is -2.53. The number of benzene rings is 2. The summed E-state index contributed by atoms with van der Waals surface area (Å²) in [5, 5.41) is 3.57. The van der Waals surface area contributed by atoms with E-state index < -0.39 is 6.04 Å². The summed E-state index contributed by atoms with van der Waals surface area (Å²) < 4.78 is 10.8. The van der Waals surface area contributed by atoms with Crippen molar-refractivity contribution >= 4 is 22.7 Å². The van der Waals surface area contributed by atoms with Crippen LogP contribution in [-0.4, -0.2) is 73.0 Å². The minimum atomic E-state index is -0.631. The first-order valence-corrected chi connectivity index (χ1v) is 11.1. The Morgan fingerprint density at radius 1 is 1.00 bits per heavy atom. The van der Waals surface area contributed by atoms with E-state index in [0.29, 0.717) is 35.8 Å². The quantitative estimate of drug-likeness (QED) is 0.578. The molecule has 1 aliphatic rings. The summed E-state index contributed by atoms with van der Waals surface area (Å²) in [7, 11) is 3.15. The van der Waals surface area contributed by atoms with E-state index in [-0.39, 0.29) is 11.8 Å². The molecule has 8 nitrogen and oxygen atoms in total. The van der Waals surface area contributed by atoms with Gasteiger partial charge in [-0.3, -0.25) is 14.5 Å². The molecular weight excluding hydrogens is 420 g/mol. The normalized spacial score (nSPS) is 15.3. The minimum absolute atomic E-state index is 0.0750. The van der Waals surface area contributed by atoms with Crippen LogP contribution in [0, 0.1) is 0 Å². The Balaban J connectivity index is 1.36. The van der Waals surface area contributed by atoms with Gasteiger partial charge in [0.1, 0.15) is 23.2 Å². The van der Waals surface area contributed by atoms with Gasteiger partial charge in [-0.1, -0.05) is 30.3 Å². The Bertz CT molecular complexity index is 1080. The van der Waals surface area contributed by atoms with Crippen molar-refractivity contribution in [2.75, 3.05) is 40.4 Å². The smallest absolute Gasteiger partial charge is 0.268 e. The number of nitrogens with zero attached hydrogens (tertiary/aromatic N) is 2. The van der Waals surface area contributed by atoms with E-state index in [0.717, 1.165) is 25.0 Å². The van der Waals surface area contributed by atoms with Crippen molar-refractivity contribution < 1.29 is 19.1 Å². The summed E-state index contributed by atoms with van der Waals surface area (Å²) in [5.41, 5.74) is 2.29. The first-order valence-electron chi connectivity index (χ1n) is 11.1. The van der Waals surface area contributed by atoms with E-state index in [1.165, 1.54) is 5.56 Å². The second kappa shape index (κ2) is 9.95. The molecule has 1 fully saturated rings. The minimum Gasteiger partial charge on any atom is -0.496 e. The maximum absolute atomic E-state index is 12.9. The number of ether oxygens (including phenoxy) is 2. The predicted molar refractivity (Wildman–Crippen MR) is 127 cm³/mol. The van der Waals surface area contributed by atoms with Crippen molar-refractivity contribution in [1.29, 1.82) is 0 Å². The number of hydrogen-bond acceptors (Lipinski definition) is 5. The molecule has 2 amide bonds. The van der Waals surface area contributed by atoms with Gasteiger partial charge in [-0.15, -0.1) is 0 Å². The first-order chi connectivity index (χ1) is 16.0. The molecule has 1 atom stereocenters. The number of fused-ring (bicyclic) bond motifs is 1. The third-order valence-electron chi connectivity index (χ3n) is 6.05. The van der Waals surface area contributed by atoms with Gasteiger partial charge in [-0.2, -0.15) is 0 Å². The Hall–Kier alpha value is -3.52. The SMILES string of the molecule is COc1ccc(OC)c2[nH]c(C(=O)N[C@H](C)C(=O)N3CCN(Cc4ccccc4)CC3)cc12. The number of piperazine rings is 1. The number of aromatic amines is 1. The number of rotatable bonds is 7. The molecule has 0 unspecified atom stereocenters. The molecule has 2 N–H and O–H groups in total. The summed E-state index contributed by atoms with van der Waals surface area (Å²) in [6.07, 6.45) is 0. The summed E-state index contributed by atoms with van der Waals surface area (Å²) >= 11 is 0. The Morgan fingerprint density at radius 2 is 1.67 bits per heavy atom. The Labute approximate surface area is 193 Å². The Morgan fingerprint density at radius 3 is 2.33 bits per heavy atom. The molecule has 174 valence electrons. The average Bonchev–Trinajstić information content (AvgIpc) is 3.30. The molecular formula is C25H30N4O4. The van der Waals surface area contributed by atoms with Crippen molar-refractivity contribution in [2.45, 2.75) is 19.5 Å². The number of nitrogens with one attached hydrogen (secondary N) is 2. The Kier molecular flexibility index (Phi) is 6.84. The third-order valence-corrected chi connectivity index (χ3v) is 6.05. The molecule has 4 rings (SSSR count). The lowest BCUT2D eigenvalue weighted by Gasteiger charge is -2.36. The third kappa shape index (κ3) is 4.96. The molecule has 0 saturated carbocycles. The average molecular weight is 451 g/mol. The molecule has 8 heteroatoms. The fourth-order valence-electron chi connectivity index (χ4n) is 4.22. The summed E-state index contributed by atoms with van der Waals surface area (Å²) in [6, 6.07) is 15.0. The van der Waals surface area contributed by atoms with Gasteiger partial charge in [0.05, 0.1) is 19.7 Å². The topological polar surface area (TPSA) is 86.9 Å². The van der Waals surface area contributed by atoms with Gasteiger partial charge < -0.3 is 24.7 Å². The van der Waals surface area contributed by atoms with Gasteiger partial charge in [-0.25, -0.2) is 0 Å². The van der Waals surface area contributed by atoms with Crippen LogP contribution in [0.3, 0.4) is 0 Å².